The van der Waals surface area contributed by atoms with Crippen LogP contribution in [0.1, 0.15) is 52.4 Å². The lowest BCUT2D eigenvalue weighted by Gasteiger charge is -2.35. The number of aliphatic carboxylic acids is 2. The number of amides is 5. The van der Waals surface area contributed by atoms with Crippen LogP contribution in [0.4, 0.5) is 0 Å². The minimum absolute atomic E-state index is 0.0664. The monoisotopic (exact) mass is 529 g/mol. The molecule has 0 radical (unpaired) electrons. The van der Waals surface area contributed by atoms with Crippen molar-refractivity contribution in [2.45, 2.75) is 76.5 Å². The highest BCUT2D eigenvalue weighted by molar-refractivity contribution is 6.04. The highest BCUT2D eigenvalue weighted by Gasteiger charge is 2.43. The number of rotatable bonds is 14. The molecule has 5 amide bonds. The average molecular weight is 530 g/mol. The summed E-state index contributed by atoms with van der Waals surface area (Å²) in [5, 5.41) is 32.5. The smallest absolute Gasteiger partial charge is 0.326 e. The molecule has 1 rings (SSSR count). The summed E-state index contributed by atoms with van der Waals surface area (Å²) in [6.45, 7) is 1.54. The number of carboxylic acid groups (broad SMARTS) is 2. The van der Waals surface area contributed by atoms with Gasteiger partial charge in [0.15, 0.2) is 0 Å². The van der Waals surface area contributed by atoms with Gasteiger partial charge in [-0.15, -0.1) is 0 Å². The summed E-state index contributed by atoms with van der Waals surface area (Å²) in [5.41, 5.74) is 5.52. The first-order valence-electron chi connectivity index (χ1n) is 11.8. The molecule has 0 aromatic heterocycles. The molecule has 4 atom stereocenters. The third-order valence-electron chi connectivity index (χ3n) is 5.80. The lowest BCUT2D eigenvalue weighted by molar-refractivity contribution is -0.159. The molecule has 208 valence electrons. The third kappa shape index (κ3) is 9.09. The van der Waals surface area contributed by atoms with Crippen LogP contribution in [0.2, 0.25) is 0 Å². The van der Waals surface area contributed by atoms with E-state index in [1.54, 1.807) is 0 Å². The van der Waals surface area contributed by atoms with Crippen LogP contribution in [0.3, 0.4) is 0 Å². The van der Waals surface area contributed by atoms with Crippen molar-refractivity contribution in [2.24, 2.45) is 5.73 Å². The number of hydrogen-bond acceptors (Lipinski definition) is 9. The standard InChI is InChI=1S/C22H35N5O10/c1-12(29)24-15(11-28)19(33)25-14(10-18(31)32)20(34)27(13(2)30)16(6-3-4-8-23)21(35)26-9-5-7-17(26)22(36)37/h14-17,28H,3-11,23H2,1-2H3,(H,24,29)(H,25,33)(H,31,32)(H,36,37)/t14-,15-,16-,17-/m0/s1. The number of carboxylic acids is 2. The molecule has 0 aromatic carbocycles. The molecule has 0 unspecified atom stereocenters. The van der Waals surface area contributed by atoms with Crippen molar-refractivity contribution in [3.8, 4) is 0 Å². The van der Waals surface area contributed by atoms with Crippen LogP contribution in [-0.4, -0.2) is 110 Å². The van der Waals surface area contributed by atoms with Gasteiger partial charge in [0.2, 0.25) is 23.6 Å². The number of hydrogen-bond donors (Lipinski definition) is 6. The van der Waals surface area contributed by atoms with Crippen LogP contribution in [0.15, 0.2) is 0 Å². The SMILES string of the molecule is CC(=O)N[C@@H](CO)C(=O)N[C@@H](CC(=O)O)C(=O)N(C(C)=O)[C@@H](CCCCN)C(=O)N1CCC[C@H]1C(=O)O. The first-order chi connectivity index (χ1) is 17.3. The predicted octanol–water partition coefficient (Wildman–Crippen LogP) is -2.61. The zero-order valence-electron chi connectivity index (χ0n) is 20.8. The summed E-state index contributed by atoms with van der Waals surface area (Å²) < 4.78 is 0. The lowest BCUT2D eigenvalue weighted by atomic mass is 10.0. The second-order valence-electron chi connectivity index (χ2n) is 8.65. The van der Waals surface area contributed by atoms with E-state index in [4.69, 9.17) is 5.73 Å². The number of nitrogens with zero attached hydrogens (tertiary/aromatic N) is 2. The molecule has 1 aliphatic rings. The highest BCUT2D eigenvalue weighted by atomic mass is 16.4. The molecule has 1 fully saturated rings. The van der Waals surface area contributed by atoms with Gasteiger partial charge in [-0.05, 0) is 38.6 Å². The maximum absolute atomic E-state index is 13.5. The normalized spacial score (nSPS) is 17.3. The second-order valence-corrected chi connectivity index (χ2v) is 8.65. The summed E-state index contributed by atoms with van der Waals surface area (Å²) in [6, 6.07) is -5.95. The van der Waals surface area contributed by atoms with E-state index in [-0.39, 0.29) is 25.9 Å². The van der Waals surface area contributed by atoms with E-state index < -0.39 is 78.7 Å². The molecule has 0 aliphatic carbocycles. The fraction of sp³-hybridized carbons (Fsp3) is 0.682. The van der Waals surface area contributed by atoms with Crippen LogP contribution in [0.25, 0.3) is 0 Å². The maximum atomic E-state index is 13.5. The van der Waals surface area contributed by atoms with E-state index in [9.17, 15) is 48.9 Å². The number of likely N-dealkylation sites (tertiary alicyclic amines) is 1. The van der Waals surface area contributed by atoms with Crippen LogP contribution in [0.5, 0.6) is 0 Å². The third-order valence-corrected chi connectivity index (χ3v) is 5.80. The number of nitrogens with two attached hydrogens (primary N) is 1. The van der Waals surface area contributed by atoms with Gasteiger partial charge < -0.3 is 36.6 Å². The van der Waals surface area contributed by atoms with Crippen molar-refractivity contribution < 1.29 is 48.9 Å². The molecule has 1 aliphatic heterocycles. The number of imide groups is 1. The summed E-state index contributed by atoms with van der Waals surface area (Å²) in [6.07, 6.45) is 0.265. The zero-order valence-corrected chi connectivity index (χ0v) is 20.8. The van der Waals surface area contributed by atoms with Gasteiger partial charge in [0.1, 0.15) is 24.2 Å². The summed E-state index contributed by atoms with van der Waals surface area (Å²) in [4.78, 5) is 88.1. The van der Waals surface area contributed by atoms with Gasteiger partial charge >= 0.3 is 11.9 Å². The van der Waals surface area contributed by atoms with Gasteiger partial charge in [0.05, 0.1) is 13.0 Å². The Balaban J connectivity index is 3.38. The predicted molar refractivity (Wildman–Crippen MR) is 125 cm³/mol. The Hall–Kier alpha value is -3.59. The molecule has 1 saturated heterocycles. The first kappa shape index (κ1) is 31.4. The van der Waals surface area contributed by atoms with Crippen molar-refractivity contribution >= 4 is 41.5 Å². The molecule has 0 saturated carbocycles. The number of aliphatic hydroxyl groups is 1. The van der Waals surface area contributed by atoms with Gasteiger partial charge in [-0.3, -0.25) is 33.7 Å². The molecule has 0 aromatic rings. The average Bonchev–Trinajstić information content (AvgIpc) is 3.30. The van der Waals surface area contributed by atoms with Gasteiger partial charge in [-0.1, -0.05) is 0 Å². The van der Waals surface area contributed by atoms with Crippen LogP contribution in [0, 0.1) is 0 Å². The maximum Gasteiger partial charge on any atom is 0.326 e. The Labute approximate surface area is 213 Å². The van der Waals surface area contributed by atoms with Gasteiger partial charge in [-0.25, -0.2) is 4.79 Å². The molecular weight excluding hydrogens is 494 g/mol. The minimum atomic E-state index is -1.84. The molecule has 37 heavy (non-hydrogen) atoms. The number of aliphatic hydroxyl groups excluding tert-OH is 1. The highest BCUT2D eigenvalue weighted by Crippen LogP contribution is 2.23. The fourth-order valence-corrected chi connectivity index (χ4v) is 4.11. The van der Waals surface area contributed by atoms with Crippen molar-refractivity contribution in [2.75, 3.05) is 19.7 Å². The largest absolute Gasteiger partial charge is 0.481 e. The molecular formula is C22H35N5O10. The second kappa shape index (κ2) is 14.8. The molecule has 7 N–H and O–H groups in total. The Morgan fingerprint density at radius 1 is 1.03 bits per heavy atom. The van der Waals surface area contributed by atoms with E-state index in [1.165, 1.54) is 0 Å². The van der Waals surface area contributed by atoms with Crippen LogP contribution < -0.4 is 16.4 Å². The number of carbonyl (C=O) groups is 7. The Kier molecular flexibility index (Phi) is 12.6. The number of nitrogens with one attached hydrogen (secondary N) is 2. The van der Waals surface area contributed by atoms with Gasteiger partial charge in [0, 0.05) is 20.4 Å². The van der Waals surface area contributed by atoms with E-state index in [1.807, 2.05) is 0 Å². The summed E-state index contributed by atoms with van der Waals surface area (Å²) >= 11 is 0. The fourth-order valence-electron chi connectivity index (χ4n) is 4.11. The minimum Gasteiger partial charge on any atom is -0.481 e. The Morgan fingerprint density at radius 2 is 1.68 bits per heavy atom. The molecule has 0 bridgehead atoms. The van der Waals surface area contributed by atoms with Crippen LogP contribution in [-0.2, 0) is 33.6 Å². The van der Waals surface area contributed by atoms with E-state index >= 15 is 0 Å². The topological polar surface area (TPSA) is 237 Å². The summed E-state index contributed by atoms with van der Waals surface area (Å²) in [7, 11) is 0. The Morgan fingerprint density at radius 3 is 2.16 bits per heavy atom. The van der Waals surface area contributed by atoms with E-state index in [2.05, 4.69) is 10.6 Å². The zero-order chi connectivity index (χ0) is 28.3. The van der Waals surface area contributed by atoms with Crippen LogP contribution >= 0.6 is 0 Å². The molecule has 0 spiro atoms. The van der Waals surface area contributed by atoms with Gasteiger partial charge in [0.25, 0.3) is 5.91 Å². The van der Waals surface area contributed by atoms with Crippen molar-refractivity contribution in [3.05, 3.63) is 0 Å². The molecule has 1 heterocycles. The van der Waals surface area contributed by atoms with Gasteiger partial charge in [-0.2, -0.15) is 0 Å². The number of unbranched alkanes of at least 4 members (excludes halogenated alkanes) is 1. The Bertz CT molecular complexity index is 895. The molecule has 15 nitrogen and oxygen atoms in total. The molecule has 15 heteroatoms. The summed E-state index contributed by atoms with van der Waals surface area (Å²) in [5.74, 6) is -7.44. The van der Waals surface area contributed by atoms with E-state index in [0.29, 0.717) is 24.2 Å². The van der Waals surface area contributed by atoms with Crippen molar-refractivity contribution in [1.29, 1.82) is 0 Å². The number of carbonyl (C=O) groups excluding carboxylic acids is 5. The van der Waals surface area contributed by atoms with Crippen molar-refractivity contribution in [1.82, 2.24) is 20.4 Å². The lowest BCUT2D eigenvalue weighted by Crippen LogP contribution is -2.60. The quantitative estimate of drug-likeness (QED) is 0.127. The first-order valence-corrected chi connectivity index (χ1v) is 11.8. The van der Waals surface area contributed by atoms with Crippen molar-refractivity contribution in [3.63, 3.8) is 0 Å². The van der Waals surface area contributed by atoms with E-state index in [0.717, 1.165) is 18.7 Å².